The number of methoxy groups -OCH3 is 2. The summed E-state index contributed by atoms with van der Waals surface area (Å²) in [6, 6.07) is 20.2. The molecule has 0 aliphatic carbocycles. The highest BCUT2D eigenvalue weighted by atomic mass is 16.6. The summed E-state index contributed by atoms with van der Waals surface area (Å²) in [5, 5.41) is 23.1. The lowest BCUT2D eigenvalue weighted by Crippen LogP contribution is -2.24. The Bertz CT molecular complexity index is 1280. The van der Waals surface area contributed by atoms with Crippen LogP contribution in [0, 0.1) is 21.4 Å². The SMILES string of the molecule is COc1ccc(CNC(=O)/C(C#N)=C/c2ccccc2OCc2ccc([N+](=O)[O-])cc2)c(OC)c1. The number of carbonyl (C=O) groups is 1. The van der Waals surface area contributed by atoms with Gasteiger partial charge in [0.25, 0.3) is 11.6 Å². The molecular formula is C26H23N3O6. The number of amides is 1. The molecule has 0 aliphatic rings. The van der Waals surface area contributed by atoms with Crippen molar-refractivity contribution in [3.8, 4) is 23.3 Å². The molecule has 3 aromatic rings. The van der Waals surface area contributed by atoms with Gasteiger partial charge in [0.2, 0.25) is 0 Å². The fraction of sp³-hybridized carbons (Fsp3) is 0.154. The van der Waals surface area contributed by atoms with E-state index < -0.39 is 10.8 Å². The monoisotopic (exact) mass is 473 g/mol. The van der Waals surface area contributed by atoms with Gasteiger partial charge in [-0.15, -0.1) is 0 Å². The Hall–Kier alpha value is -4.84. The van der Waals surface area contributed by atoms with E-state index in [-0.39, 0.29) is 24.4 Å². The molecular weight excluding hydrogens is 450 g/mol. The van der Waals surface area contributed by atoms with Gasteiger partial charge in [-0.3, -0.25) is 14.9 Å². The van der Waals surface area contributed by atoms with Gasteiger partial charge >= 0.3 is 0 Å². The Morgan fingerprint density at radius 3 is 2.46 bits per heavy atom. The molecule has 1 N–H and O–H groups in total. The van der Waals surface area contributed by atoms with Crippen LogP contribution in [0.3, 0.4) is 0 Å². The number of rotatable bonds is 10. The Balaban J connectivity index is 1.71. The van der Waals surface area contributed by atoms with Crippen LogP contribution in [0.15, 0.2) is 72.3 Å². The maximum absolute atomic E-state index is 12.7. The maximum Gasteiger partial charge on any atom is 0.269 e. The van der Waals surface area contributed by atoms with Crippen molar-refractivity contribution >= 4 is 17.7 Å². The van der Waals surface area contributed by atoms with Crippen molar-refractivity contribution in [1.82, 2.24) is 5.32 Å². The van der Waals surface area contributed by atoms with Crippen LogP contribution >= 0.6 is 0 Å². The van der Waals surface area contributed by atoms with E-state index in [1.807, 2.05) is 6.07 Å². The second kappa shape index (κ2) is 11.9. The van der Waals surface area contributed by atoms with Gasteiger partial charge in [-0.2, -0.15) is 5.26 Å². The van der Waals surface area contributed by atoms with Crippen LogP contribution in [0.2, 0.25) is 0 Å². The Morgan fingerprint density at radius 1 is 1.06 bits per heavy atom. The Kier molecular flexibility index (Phi) is 8.40. The van der Waals surface area contributed by atoms with Crippen LogP contribution < -0.4 is 19.5 Å². The van der Waals surface area contributed by atoms with Crippen molar-refractivity contribution in [2.75, 3.05) is 14.2 Å². The molecule has 0 aliphatic heterocycles. The predicted octanol–water partition coefficient (Wildman–Crippen LogP) is 4.41. The minimum absolute atomic E-state index is 0.00554. The van der Waals surface area contributed by atoms with E-state index in [1.165, 1.54) is 25.3 Å². The average molecular weight is 473 g/mol. The molecule has 1 amide bonds. The van der Waals surface area contributed by atoms with Gasteiger partial charge in [0.1, 0.15) is 35.5 Å². The molecule has 3 rings (SSSR count). The Labute approximate surface area is 202 Å². The molecule has 35 heavy (non-hydrogen) atoms. The van der Waals surface area contributed by atoms with Crippen LogP contribution in [0.25, 0.3) is 6.08 Å². The van der Waals surface area contributed by atoms with E-state index in [1.54, 1.807) is 61.7 Å². The van der Waals surface area contributed by atoms with E-state index in [9.17, 15) is 20.2 Å². The number of ether oxygens (including phenoxy) is 3. The number of nitriles is 1. The lowest BCUT2D eigenvalue weighted by Gasteiger charge is -2.12. The molecule has 0 radical (unpaired) electrons. The van der Waals surface area contributed by atoms with Gasteiger partial charge in [-0.1, -0.05) is 18.2 Å². The van der Waals surface area contributed by atoms with E-state index in [0.717, 1.165) is 11.1 Å². The van der Waals surface area contributed by atoms with Gasteiger partial charge in [0, 0.05) is 35.9 Å². The summed E-state index contributed by atoms with van der Waals surface area (Å²) in [7, 11) is 3.07. The number of hydrogen-bond acceptors (Lipinski definition) is 7. The molecule has 0 fully saturated rings. The summed E-state index contributed by atoms with van der Waals surface area (Å²) in [6.07, 6.45) is 1.45. The third-order valence-electron chi connectivity index (χ3n) is 5.06. The molecule has 3 aromatic carbocycles. The smallest absolute Gasteiger partial charge is 0.269 e. The fourth-order valence-electron chi connectivity index (χ4n) is 3.18. The number of benzene rings is 3. The summed E-state index contributed by atoms with van der Waals surface area (Å²) >= 11 is 0. The first-order valence-electron chi connectivity index (χ1n) is 10.5. The van der Waals surface area contributed by atoms with E-state index in [0.29, 0.717) is 22.8 Å². The molecule has 9 heteroatoms. The standard InChI is InChI=1S/C26H23N3O6/c1-33-23-12-9-20(25(14-23)34-2)16-28-26(30)21(15-27)13-19-5-3-4-6-24(19)35-17-18-7-10-22(11-8-18)29(31)32/h3-14H,16-17H2,1-2H3,(H,28,30)/b21-13+. The quantitative estimate of drug-likeness (QED) is 0.200. The lowest BCUT2D eigenvalue weighted by atomic mass is 10.1. The zero-order chi connectivity index (χ0) is 25.2. The number of hydrogen-bond donors (Lipinski definition) is 1. The fourth-order valence-corrected chi connectivity index (χ4v) is 3.18. The van der Waals surface area contributed by atoms with Gasteiger partial charge < -0.3 is 19.5 Å². The zero-order valence-electron chi connectivity index (χ0n) is 19.2. The van der Waals surface area contributed by atoms with Crippen LogP contribution in [0.5, 0.6) is 17.2 Å². The highest BCUT2D eigenvalue weighted by Crippen LogP contribution is 2.25. The molecule has 0 bridgehead atoms. The number of para-hydroxylation sites is 1. The van der Waals surface area contributed by atoms with Crippen LogP contribution in [0.4, 0.5) is 5.69 Å². The van der Waals surface area contributed by atoms with Crippen LogP contribution in [0.1, 0.15) is 16.7 Å². The number of nitrogens with one attached hydrogen (secondary N) is 1. The summed E-state index contributed by atoms with van der Waals surface area (Å²) in [5.41, 5.74) is 1.91. The summed E-state index contributed by atoms with van der Waals surface area (Å²) < 4.78 is 16.4. The first-order chi connectivity index (χ1) is 16.9. The van der Waals surface area contributed by atoms with E-state index >= 15 is 0 Å². The zero-order valence-corrected chi connectivity index (χ0v) is 19.2. The third kappa shape index (κ3) is 6.58. The van der Waals surface area contributed by atoms with Gasteiger partial charge in [0.05, 0.1) is 19.1 Å². The first-order valence-corrected chi connectivity index (χ1v) is 10.5. The summed E-state index contributed by atoms with van der Waals surface area (Å²) in [5.74, 6) is 1.09. The molecule has 0 atom stereocenters. The van der Waals surface area contributed by atoms with Crippen molar-refractivity contribution in [3.63, 3.8) is 0 Å². The van der Waals surface area contributed by atoms with Crippen LogP contribution in [-0.4, -0.2) is 25.1 Å². The molecule has 0 saturated heterocycles. The van der Waals surface area contributed by atoms with Crippen LogP contribution in [-0.2, 0) is 17.9 Å². The molecule has 0 spiro atoms. The van der Waals surface area contributed by atoms with Crippen molar-refractivity contribution in [2.24, 2.45) is 0 Å². The third-order valence-corrected chi connectivity index (χ3v) is 5.06. The highest BCUT2D eigenvalue weighted by molar-refractivity contribution is 6.02. The predicted molar refractivity (Wildman–Crippen MR) is 129 cm³/mol. The molecule has 0 saturated carbocycles. The molecule has 0 unspecified atom stereocenters. The van der Waals surface area contributed by atoms with Crippen molar-refractivity contribution in [2.45, 2.75) is 13.2 Å². The van der Waals surface area contributed by atoms with Crippen molar-refractivity contribution in [3.05, 3.63) is 99.1 Å². The van der Waals surface area contributed by atoms with Crippen molar-refractivity contribution < 1.29 is 23.9 Å². The second-order valence-corrected chi connectivity index (χ2v) is 7.28. The number of nitrogens with zero attached hydrogens (tertiary/aromatic N) is 2. The number of nitro groups is 1. The van der Waals surface area contributed by atoms with Crippen molar-refractivity contribution in [1.29, 1.82) is 5.26 Å². The minimum atomic E-state index is -0.546. The molecule has 178 valence electrons. The largest absolute Gasteiger partial charge is 0.497 e. The maximum atomic E-state index is 12.7. The minimum Gasteiger partial charge on any atom is -0.497 e. The lowest BCUT2D eigenvalue weighted by molar-refractivity contribution is -0.384. The van der Waals surface area contributed by atoms with Gasteiger partial charge in [-0.05, 0) is 42.0 Å². The molecule has 0 aromatic heterocycles. The topological polar surface area (TPSA) is 124 Å². The van der Waals surface area contributed by atoms with Gasteiger partial charge in [-0.25, -0.2) is 0 Å². The number of nitro benzene ring substituents is 1. The normalized spacial score (nSPS) is 10.7. The Morgan fingerprint density at radius 2 is 1.80 bits per heavy atom. The highest BCUT2D eigenvalue weighted by Gasteiger charge is 2.13. The van der Waals surface area contributed by atoms with E-state index in [2.05, 4.69) is 5.32 Å². The van der Waals surface area contributed by atoms with E-state index in [4.69, 9.17) is 14.2 Å². The van der Waals surface area contributed by atoms with Gasteiger partial charge in [0.15, 0.2) is 0 Å². The molecule has 9 nitrogen and oxygen atoms in total. The summed E-state index contributed by atoms with van der Waals surface area (Å²) in [6.45, 7) is 0.317. The summed E-state index contributed by atoms with van der Waals surface area (Å²) in [4.78, 5) is 23.0. The number of non-ortho nitro benzene ring substituents is 1. The first kappa shape index (κ1) is 24.8. The molecule has 0 heterocycles. The second-order valence-electron chi connectivity index (χ2n) is 7.28. The average Bonchev–Trinajstić information content (AvgIpc) is 2.89. The number of carbonyl (C=O) groups excluding carboxylic acids is 1.